The lowest BCUT2D eigenvalue weighted by Gasteiger charge is -2.07. The lowest BCUT2D eigenvalue weighted by atomic mass is 10.2. The van der Waals surface area contributed by atoms with E-state index in [1.807, 2.05) is 68.4 Å². The molecule has 6 nitrogen and oxygen atoms in total. The predicted molar refractivity (Wildman–Crippen MR) is 131 cm³/mol. The number of rotatable bonds is 7. The Morgan fingerprint density at radius 3 is 2.36 bits per heavy atom. The number of imidazole rings is 1. The van der Waals surface area contributed by atoms with Crippen LogP contribution in [0.1, 0.15) is 11.1 Å². The number of aryl methyl sites for hydroxylation is 2. The molecule has 1 heterocycles. The number of nitrogens with zero attached hydrogens (tertiary/aromatic N) is 1. The molecule has 8 heteroatoms. The maximum absolute atomic E-state index is 13.4. The summed E-state index contributed by atoms with van der Waals surface area (Å²) in [5.41, 5.74) is 3.45. The Balaban J connectivity index is 1.64. The molecular weight excluding hydrogens is 454 g/mol. The molecule has 4 rings (SSSR count). The van der Waals surface area contributed by atoms with Gasteiger partial charge in [-0.3, -0.25) is 4.79 Å². The molecule has 0 saturated heterocycles. The number of aromatic nitrogens is 2. The second-order valence-electron chi connectivity index (χ2n) is 7.61. The highest BCUT2D eigenvalue weighted by atomic mass is 32.2. The van der Waals surface area contributed by atoms with Gasteiger partial charge >= 0.3 is 0 Å². The highest BCUT2D eigenvalue weighted by Gasteiger charge is 2.26. The van der Waals surface area contributed by atoms with Crippen molar-refractivity contribution in [2.45, 2.75) is 28.8 Å². The van der Waals surface area contributed by atoms with Crippen molar-refractivity contribution >= 4 is 33.2 Å². The molecule has 2 N–H and O–H groups in total. The molecule has 0 spiro atoms. The van der Waals surface area contributed by atoms with E-state index in [2.05, 4.69) is 15.3 Å². The van der Waals surface area contributed by atoms with E-state index in [0.717, 1.165) is 28.5 Å². The average Bonchev–Trinajstić information content (AvgIpc) is 3.24. The first-order valence-electron chi connectivity index (χ1n) is 10.3. The fraction of sp³-hybridized carbons (Fsp3) is 0.120. The van der Waals surface area contributed by atoms with Crippen LogP contribution >= 0.6 is 11.8 Å². The molecule has 4 aromatic rings. The normalized spacial score (nSPS) is 11.3. The zero-order valence-electron chi connectivity index (χ0n) is 18.2. The summed E-state index contributed by atoms with van der Waals surface area (Å²) >= 11 is 1.09. The van der Waals surface area contributed by atoms with E-state index in [1.165, 1.54) is 0 Å². The zero-order valence-corrected chi connectivity index (χ0v) is 19.8. The van der Waals surface area contributed by atoms with Gasteiger partial charge in [0.2, 0.25) is 15.7 Å². The smallest absolute Gasteiger partial charge is 0.234 e. The summed E-state index contributed by atoms with van der Waals surface area (Å²) in [5, 5.41) is 3.08. The van der Waals surface area contributed by atoms with Gasteiger partial charge < -0.3 is 10.3 Å². The van der Waals surface area contributed by atoms with Gasteiger partial charge in [0, 0.05) is 11.3 Å². The van der Waals surface area contributed by atoms with Gasteiger partial charge in [-0.1, -0.05) is 71.9 Å². The molecule has 0 aliphatic carbocycles. The van der Waals surface area contributed by atoms with E-state index < -0.39 is 9.84 Å². The van der Waals surface area contributed by atoms with Crippen LogP contribution in [-0.4, -0.2) is 30.0 Å². The molecule has 1 aromatic heterocycles. The van der Waals surface area contributed by atoms with Gasteiger partial charge in [0.25, 0.3) is 0 Å². The fourth-order valence-electron chi connectivity index (χ4n) is 3.24. The molecule has 168 valence electrons. The Labute approximate surface area is 197 Å². The molecule has 33 heavy (non-hydrogen) atoms. The van der Waals surface area contributed by atoms with Crippen LogP contribution in [0, 0.1) is 13.8 Å². The highest BCUT2D eigenvalue weighted by Crippen LogP contribution is 2.32. The number of thioether (sulfide) groups is 1. The van der Waals surface area contributed by atoms with E-state index in [0.29, 0.717) is 11.5 Å². The van der Waals surface area contributed by atoms with Crippen molar-refractivity contribution in [3.63, 3.8) is 0 Å². The van der Waals surface area contributed by atoms with E-state index >= 15 is 0 Å². The summed E-state index contributed by atoms with van der Waals surface area (Å²) in [6.45, 7) is 3.84. The van der Waals surface area contributed by atoms with Crippen molar-refractivity contribution in [1.29, 1.82) is 0 Å². The molecular formula is C25H23N3O3S2. The summed E-state index contributed by atoms with van der Waals surface area (Å²) < 4.78 is 26.8. The van der Waals surface area contributed by atoms with Gasteiger partial charge in [0.1, 0.15) is 10.9 Å². The standard InChI is InChI=1S/C25H23N3O3S2/c1-17-11-13-21(14-12-17)33(30,31)25-24(27-23(28-25)19-8-4-3-5-9-19)32-16-22(29)26-20-10-6-7-18(2)15-20/h3-15H,16H2,1-2H3,(H,26,29)(H,27,28). The largest absolute Gasteiger partial charge is 0.328 e. The van der Waals surface area contributed by atoms with Crippen LogP contribution in [0.2, 0.25) is 0 Å². The summed E-state index contributed by atoms with van der Waals surface area (Å²) in [6, 6.07) is 23.4. The third kappa shape index (κ3) is 5.35. The number of amides is 1. The lowest BCUT2D eigenvalue weighted by Crippen LogP contribution is -2.14. The topological polar surface area (TPSA) is 91.9 Å². The first kappa shape index (κ1) is 22.8. The van der Waals surface area contributed by atoms with Crippen LogP contribution in [0.5, 0.6) is 0 Å². The third-order valence-electron chi connectivity index (χ3n) is 4.93. The molecule has 0 unspecified atom stereocenters. The minimum Gasteiger partial charge on any atom is -0.328 e. The Bertz CT molecular complexity index is 1380. The van der Waals surface area contributed by atoms with Gasteiger partial charge in [0.05, 0.1) is 10.6 Å². The minimum atomic E-state index is -3.86. The summed E-state index contributed by atoms with van der Waals surface area (Å²) in [5.74, 6) is 0.208. The Morgan fingerprint density at radius 2 is 1.67 bits per heavy atom. The molecule has 0 atom stereocenters. The monoisotopic (exact) mass is 477 g/mol. The quantitative estimate of drug-likeness (QED) is 0.354. The number of hydrogen-bond donors (Lipinski definition) is 2. The van der Waals surface area contributed by atoms with Crippen molar-refractivity contribution in [2.24, 2.45) is 0 Å². The number of H-pyrrole nitrogens is 1. The molecule has 0 fully saturated rings. The Kier molecular flexibility index (Phi) is 6.67. The van der Waals surface area contributed by atoms with Crippen molar-refractivity contribution < 1.29 is 13.2 Å². The maximum atomic E-state index is 13.4. The van der Waals surface area contributed by atoms with Gasteiger partial charge in [-0.2, -0.15) is 0 Å². The second-order valence-corrected chi connectivity index (χ2v) is 10.5. The van der Waals surface area contributed by atoms with Crippen molar-refractivity contribution in [3.8, 4) is 11.4 Å². The number of carbonyl (C=O) groups is 1. The minimum absolute atomic E-state index is 0.0152. The van der Waals surface area contributed by atoms with E-state index in [9.17, 15) is 13.2 Å². The van der Waals surface area contributed by atoms with Gasteiger partial charge in [0.15, 0.2) is 5.03 Å². The van der Waals surface area contributed by atoms with Crippen LogP contribution in [0.4, 0.5) is 5.69 Å². The first-order valence-corrected chi connectivity index (χ1v) is 12.8. The number of anilines is 1. The number of aromatic amines is 1. The summed E-state index contributed by atoms with van der Waals surface area (Å²) in [7, 11) is -3.86. The third-order valence-corrected chi connectivity index (χ3v) is 7.76. The lowest BCUT2D eigenvalue weighted by molar-refractivity contribution is -0.113. The zero-order chi connectivity index (χ0) is 23.4. The molecule has 0 bridgehead atoms. The molecule has 0 saturated carbocycles. The van der Waals surface area contributed by atoms with E-state index in [-0.39, 0.29) is 26.6 Å². The first-order chi connectivity index (χ1) is 15.8. The predicted octanol–water partition coefficient (Wildman–Crippen LogP) is 5.26. The molecule has 1 amide bonds. The van der Waals surface area contributed by atoms with Crippen molar-refractivity contribution in [2.75, 3.05) is 11.1 Å². The van der Waals surface area contributed by atoms with Gasteiger partial charge in [-0.05, 0) is 43.7 Å². The van der Waals surface area contributed by atoms with Crippen LogP contribution in [0.25, 0.3) is 11.4 Å². The van der Waals surface area contributed by atoms with Crippen LogP contribution in [-0.2, 0) is 14.6 Å². The number of nitrogens with one attached hydrogen (secondary N) is 2. The fourth-order valence-corrected chi connectivity index (χ4v) is 5.66. The second kappa shape index (κ2) is 9.64. The molecule has 0 aliphatic heterocycles. The molecule has 0 radical (unpaired) electrons. The highest BCUT2D eigenvalue weighted by molar-refractivity contribution is 8.00. The number of benzene rings is 3. The van der Waals surface area contributed by atoms with Gasteiger partial charge in [-0.25, -0.2) is 13.4 Å². The molecule has 0 aliphatic rings. The Morgan fingerprint density at radius 1 is 0.939 bits per heavy atom. The molecule has 3 aromatic carbocycles. The number of hydrogen-bond acceptors (Lipinski definition) is 5. The van der Waals surface area contributed by atoms with E-state index in [1.54, 1.807) is 24.3 Å². The summed E-state index contributed by atoms with van der Waals surface area (Å²) in [6.07, 6.45) is 0. The average molecular weight is 478 g/mol. The van der Waals surface area contributed by atoms with Crippen molar-refractivity contribution in [1.82, 2.24) is 9.97 Å². The summed E-state index contributed by atoms with van der Waals surface area (Å²) in [4.78, 5) is 20.2. The number of sulfone groups is 1. The van der Waals surface area contributed by atoms with Gasteiger partial charge in [-0.15, -0.1) is 0 Å². The van der Waals surface area contributed by atoms with Crippen LogP contribution < -0.4 is 5.32 Å². The maximum Gasteiger partial charge on any atom is 0.234 e. The number of carbonyl (C=O) groups excluding carboxylic acids is 1. The SMILES string of the molecule is Cc1ccc(S(=O)(=O)c2[nH]c(-c3ccccc3)nc2SCC(=O)Nc2cccc(C)c2)cc1. The Hall–Kier alpha value is -3.36. The van der Waals surface area contributed by atoms with Crippen LogP contribution in [0.15, 0.2) is 93.8 Å². The van der Waals surface area contributed by atoms with E-state index in [4.69, 9.17) is 0 Å². The van der Waals surface area contributed by atoms with Crippen LogP contribution in [0.3, 0.4) is 0 Å². The van der Waals surface area contributed by atoms with Crippen molar-refractivity contribution in [3.05, 3.63) is 90.0 Å².